The Morgan fingerprint density at radius 1 is 0.795 bits per heavy atom. The predicted molar refractivity (Wildman–Crippen MR) is 165 cm³/mol. The van der Waals surface area contributed by atoms with Crippen molar-refractivity contribution in [1.29, 1.82) is 0 Å². The molecule has 10 nitrogen and oxygen atoms in total. The van der Waals surface area contributed by atoms with Gasteiger partial charge < -0.3 is 25.8 Å². The molecule has 0 spiro atoms. The second-order valence-corrected chi connectivity index (χ2v) is 10.3. The van der Waals surface area contributed by atoms with Gasteiger partial charge in [0, 0.05) is 60.6 Å². The molecule has 4 N–H and O–H groups in total. The third-order valence-corrected chi connectivity index (χ3v) is 7.18. The van der Waals surface area contributed by atoms with Gasteiger partial charge in [-0.25, -0.2) is 14.8 Å². The van der Waals surface area contributed by atoms with Crippen LogP contribution in [0.5, 0.6) is 0 Å². The summed E-state index contributed by atoms with van der Waals surface area (Å²) < 4.78 is 39.2. The molecule has 1 fully saturated rings. The largest absolute Gasteiger partial charge is 0.416 e. The number of amides is 3. The van der Waals surface area contributed by atoms with Crippen LogP contribution in [0.1, 0.15) is 21.5 Å². The van der Waals surface area contributed by atoms with Crippen molar-refractivity contribution in [2.24, 2.45) is 0 Å². The van der Waals surface area contributed by atoms with Crippen molar-refractivity contribution in [3.63, 3.8) is 0 Å². The van der Waals surface area contributed by atoms with Gasteiger partial charge in [-0.05, 0) is 68.1 Å². The summed E-state index contributed by atoms with van der Waals surface area (Å²) in [4.78, 5) is 38.5. The summed E-state index contributed by atoms with van der Waals surface area (Å²) >= 11 is 0. The number of piperazine rings is 1. The van der Waals surface area contributed by atoms with E-state index >= 15 is 0 Å². The van der Waals surface area contributed by atoms with Crippen LogP contribution >= 0.6 is 0 Å². The Bertz CT molecular complexity index is 1660. The Morgan fingerprint density at radius 2 is 1.48 bits per heavy atom. The number of hydrogen-bond acceptors (Lipinski definition) is 7. The summed E-state index contributed by atoms with van der Waals surface area (Å²) in [7, 11) is 2.11. The Kier molecular flexibility index (Phi) is 8.95. The number of benzene rings is 3. The molecule has 1 aromatic heterocycles. The lowest BCUT2D eigenvalue weighted by atomic mass is 10.1. The van der Waals surface area contributed by atoms with Gasteiger partial charge in [-0.15, -0.1) is 0 Å². The summed E-state index contributed by atoms with van der Waals surface area (Å²) in [5, 5.41) is 11.3. The molecule has 3 amide bonds. The van der Waals surface area contributed by atoms with Crippen LogP contribution in [0.2, 0.25) is 0 Å². The van der Waals surface area contributed by atoms with E-state index in [2.05, 4.69) is 60.2 Å². The van der Waals surface area contributed by atoms with Gasteiger partial charge in [-0.2, -0.15) is 13.2 Å². The number of nitrogens with one attached hydrogen (secondary N) is 4. The van der Waals surface area contributed by atoms with E-state index in [-0.39, 0.29) is 11.4 Å². The number of nitrogens with zero attached hydrogens (tertiary/aromatic N) is 4. The van der Waals surface area contributed by atoms with Crippen LogP contribution in [0.4, 0.5) is 52.4 Å². The second kappa shape index (κ2) is 13.0. The monoisotopic (exact) mass is 604 g/mol. The van der Waals surface area contributed by atoms with Crippen molar-refractivity contribution in [3.05, 3.63) is 95.8 Å². The molecule has 0 aliphatic carbocycles. The number of halogens is 3. The number of urea groups is 1. The number of aromatic nitrogens is 2. The normalized spacial score (nSPS) is 13.7. The van der Waals surface area contributed by atoms with Gasteiger partial charge in [0.15, 0.2) is 0 Å². The van der Waals surface area contributed by atoms with Gasteiger partial charge in [0.1, 0.15) is 18.0 Å². The molecule has 13 heteroatoms. The first-order valence-corrected chi connectivity index (χ1v) is 13.8. The summed E-state index contributed by atoms with van der Waals surface area (Å²) in [6.07, 6.45) is -3.24. The number of likely N-dealkylation sites (N-methyl/N-ethyl adjacent to an activating group) is 1. The van der Waals surface area contributed by atoms with Crippen LogP contribution in [-0.4, -0.2) is 60.0 Å². The topological polar surface area (TPSA) is 115 Å². The van der Waals surface area contributed by atoms with E-state index in [9.17, 15) is 22.8 Å². The molecular formula is C31H31F3N8O2. The van der Waals surface area contributed by atoms with Gasteiger partial charge in [0.25, 0.3) is 5.91 Å². The predicted octanol–water partition coefficient (Wildman–Crippen LogP) is 6.20. The first kappa shape index (κ1) is 30.3. The Hall–Kier alpha value is -5.17. The lowest BCUT2D eigenvalue weighted by Crippen LogP contribution is -2.44. The Morgan fingerprint density at radius 3 is 2.23 bits per heavy atom. The van der Waals surface area contributed by atoms with Crippen LogP contribution in [0.15, 0.2) is 79.1 Å². The second-order valence-electron chi connectivity index (χ2n) is 10.3. The highest BCUT2D eigenvalue weighted by atomic mass is 19.4. The lowest BCUT2D eigenvalue weighted by molar-refractivity contribution is -0.137. The van der Waals surface area contributed by atoms with Crippen LogP contribution < -0.4 is 26.2 Å². The van der Waals surface area contributed by atoms with Crippen LogP contribution in [0.3, 0.4) is 0 Å². The SMILES string of the molecule is Cc1c(NC(=O)Nc2cc(Nc3cccc(N4CCN(C)CC4)c3)ncn2)cccc1NC(=O)c1cccc(C(F)(F)F)c1. The molecule has 3 aromatic carbocycles. The average Bonchev–Trinajstić information content (AvgIpc) is 2.99. The smallest absolute Gasteiger partial charge is 0.369 e. The van der Waals surface area contributed by atoms with E-state index in [0.717, 1.165) is 49.7 Å². The molecule has 1 aliphatic rings. The van der Waals surface area contributed by atoms with Crippen molar-refractivity contribution in [2.75, 3.05) is 59.4 Å². The van der Waals surface area contributed by atoms with E-state index in [1.54, 1.807) is 31.2 Å². The molecule has 5 rings (SSSR count). The molecule has 0 saturated carbocycles. The molecule has 0 atom stereocenters. The van der Waals surface area contributed by atoms with Crippen molar-refractivity contribution >= 4 is 46.3 Å². The van der Waals surface area contributed by atoms with E-state index < -0.39 is 23.7 Å². The fourth-order valence-corrected chi connectivity index (χ4v) is 4.69. The minimum Gasteiger partial charge on any atom is -0.369 e. The van der Waals surface area contributed by atoms with Gasteiger partial charge >= 0.3 is 12.2 Å². The summed E-state index contributed by atoms with van der Waals surface area (Å²) in [5.41, 5.74) is 2.11. The molecule has 44 heavy (non-hydrogen) atoms. The maximum atomic E-state index is 13.1. The van der Waals surface area contributed by atoms with E-state index in [4.69, 9.17) is 0 Å². The molecule has 1 saturated heterocycles. The summed E-state index contributed by atoms with van der Waals surface area (Å²) in [6, 6.07) is 18.0. The molecule has 0 unspecified atom stereocenters. The quantitative estimate of drug-likeness (QED) is 0.199. The highest BCUT2D eigenvalue weighted by Gasteiger charge is 2.31. The maximum Gasteiger partial charge on any atom is 0.416 e. The minimum atomic E-state index is -4.57. The van der Waals surface area contributed by atoms with Crippen LogP contribution in [0, 0.1) is 6.92 Å². The fraction of sp³-hybridized carbons (Fsp3) is 0.226. The van der Waals surface area contributed by atoms with Crippen molar-refractivity contribution < 1.29 is 22.8 Å². The highest BCUT2D eigenvalue weighted by Crippen LogP contribution is 2.30. The molecule has 228 valence electrons. The lowest BCUT2D eigenvalue weighted by Gasteiger charge is -2.34. The van der Waals surface area contributed by atoms with E-state index in [0.29, 0.717) is 22.8 Å². The maximum absolute atomic E-state index is 13.1. The third-order valence-electron chi connectivity index (χ3n) is 7.18. The number of rotatable bonds is 7. The number of carbonyl (C=O) groups is 2. The third kappa shape index (κ3) is 7.61. The average molecular weight is 605 g/mol. The van der Waals surface area contributed by atoms with Crippen molar-refractivity contribution in [1.82, 2.24) is 14.9 Å². The molecule has 1 aliphatic heterocycles. The zero-order valence-corrected chi connectivity index (χ0v) is 24.1. The number of alkyl halides is 3. The van der Waals surface area contributed by atoms with Gasteiger partial charge in [-0.1, -0.05) is 18.2 Å². The van der Waals surface area contributed by atoms with Crippen LogP contribution in [0.25, 0.3) is 0 Å². The van der Waals surface area contributed by atoms with Gasteiger partial charge in [0.2, 0.25) is 0 Å². The standard InChI is InChI=1S/C31H31F3N8O2/c1-20-25(38-29(43)21-6-3-7-22(16-21)31(32,33)34)10-5-11-26(20)39-30(44)40-28-18-27(35-19-36-28)37-23-8-4-9-24(17-23)42-14-12-41(2)13-15-42/h3-11,16-19H,12-15H2,1-2H3,(H,38,43)(H3,35,36,37,39,40,44). The molecule has 2 heterocycles. The Balaban J connectivity index is 1.21. The zero-order valence-electron chi connectivity index (χ0n) is 24.1. The molecule has 0 bridgehead atoms. The number of anilines is 6. The molecule has 4 aromatic rings. The van der Waals surface area contributed by atoms with Crippen molar-refractivity contribution in [3.8, 4) is 0 Å². The first-order valence-electron chi connectivity index (χ1n) is 13.8. The molecular weight excluding hydrogens is 573 g/mol. The van der Waals surface area contributed by atoms with E-state index in [1.165, 1.54) is 18.5 Å². The minimum absolute atomic E-state index is 0.144. The number of hydrogen-bond donors (Lipinski definition) is 4. The fourth-order valence-electron chi connectivity index (χ4n) is 4.69. The first-order chi connectivity index (χ1) is 21.0. The van der Waals surface area contributed by atoms with Crippen LogP contribution in [-0.2, 0) is 6.18 Å². The van der Waals surface area contributed by atoms with Gasteiger partial charge in [0.05, 0.1) is 5.56 Å². The van der Waals surface area contributed by atoms with E-state index in [1.807, 2.05) is 12.1 Å². The number of carbonyl (C=O) groups excluding carboxylic acids is 2. The zero-order chi connectivity index (χ0) is 31.3. The summed E-state index contributed by atoms with van der Waals surface area (Å²) in [6.45, 7) is 5.56. The highest BCUT2D eigenvalue weighted by molar-refractivity contribution is 6.06. The Labute approximate surface area is 252 Å². The summed E-state index contributed by atoms with van der Waals surface area (Å²) in [5.74, 6) is 0.0269. The van der Waals surface area contributed by atoms with Gasteiger partial charge in [-0.3, -0.25) is 10.1 Å². The molecule has 0 radical (unpaired) electrons. The van der Waals surface area contributed by atoms with Crippen molar-refractivity contribution in [2.45, 2.75) is 13.1 Å².